The maximum Gasteiger partial charge on any atom is 0.330 e. The third kappa shape index (κ3) is 11.6. The number of carbonyl (C=O) groups excluding carboxylic acids is 1. The van der Waals surface area contributed by atoms with Gasteiger partial charge in [0.05, 0.1) is 27.3 Å². The molecule has 0 aromatic carbocycles. The van der Waals surface area contributed by atoms with E-state index in [-0.39, 0.29) is 12.8 Å². The molecule has 0 rings (SSSR count). The van der Waals surface area contributed by atoms with Crippen molar-refractivity contribution in [1.29, 1.82) is 0 Å². The Morgan fingerprint density at radius 1 is 1.29 bits per heavy atom. The molecule has 5 nitrogen and oxygen atoms in total. The number of esters is 1. The minimum absolute atomic E-state index is 0.144. The van der Waals surface area contributed by atoms with Crippen molar-refractivity contribution in [3.63, 3.8) is 0 Å². The number of quaternary nitrogens is 1. The molecule has 0 amide bonds. The van der Waals surface area contributed by atoms with Crippen LogP contribution in [-0.4, -0.2) is 57.5 Å². The molecule has 0 spiro atoms. The lowest BCUT2D eigenvalue weighted by molar-refractivity contribution is -0.870. The summed E-state index contributed by atoms with van der Waals surface area (Å²) < 4.78 is 22.2. The normalized spacial score (nSPS) is 13.9. The summed E-state index contributed by atoms with van der Waals surface area (Å²) in [5.41, 5.74) is 0. The molecule has 0 aromatic heterocycles. The van der Waals surface area contributed by atoms with Crippen molar-refractivity contribution in [2.24, 2.45) is 0 Å². The predicted molar refractivity (Wildman–Crippen MR) is 68.5 cm³/mol. The van der Waals surface area contributed by atoms with E-state index in [1.165, 1.54) is 6.08 Å². The van der Waals surface area contributed by atoms with Gasteiger partial charge < -0.3 is 13.7 Å². The van der Waals surface area contributed by atoms with Gasteiger partial charge in [0, 0.05) is 6.08 Å². The monoisotopic (exact) mass is 264 g/mol. The van der Waals surface area contributed by atoms with Crippen LogP contribution in [-0.2, 0) is 18.6 Å². The van der Waals surface area contributed by atoms with E-state index in [0.717, 1.165) is 11.0 Å². The second kappa shape index (κ2) is 8.45. The van der Waals surface area contributed by atoms with Crippen LogP contribution in [0, 0.1) is 0 Å². The van der Waals surface area contributed by atoms with Crippen LogP contribution in [0.5, 0.6) is 0 Å². The first-order valence-corrected chi connectivity index (χ1v) is 7.13. The Hall–Kier alpha value is -0.640. The van der Waals surface area contributed by atoms with Gasteiger partial charge in [-0.1, -0.05) is 6.08 Å². The Labute approximate surface area is 104 Å². The fourth-order valence-electron chi connectivity index (χ4n) is 0.925. The van der Waals surface area contributed by atoms with Gasteiger partial charge in [0.25, 0.3) is 0 Å². The van der Waals surface area contributed by atoms with Crippen LogP contribution >= 0.6 is 8.03 Å². The molecule has 0 saturated carbocycles. The van der Waals surface area contributed by atoms with E-state index in [1.807, 2.05) is 21.1 Å². The maximum atomic E-state index is 11.4. The lowest BCUT2D eigenvalue weighted by Crippen LogP contribution is -2.37. The van der Waals surface area contributed by atoms with Gasteiger partial charge >= 0.3 is 5.97 Å². The van der Waals surface area contributed by atoms with Crippen molar-refractivity contribution in [3.05, 3.63) is 12.2 Å². The van der Waals surface area contributed by atoms with Crippen LogP contribution in [0.3, 0.4) is 0 Å². The zero-order chi connectivity index (χ0) is 13.3. The topological polar surface area (TPSA) is 52.6 Å². The van der Waals surface area contributed by atoms with Crippen molar-refractivity contribution >= 4 is 14.0 Å². The standard InChI is InChI=1S/C11H23NO4P/c1-5-6-11(13)15-9-10-17(14)16-8-7-12(2,3)4/h5-6,17H,7-10H2,1-4H3/q+1. The minimum Gasteiger partial charge on any atom is -0.462 e. The zero-order valence-corrected chi connectivity index (χ0v) is 12.1. The highest BCUT2D eigenvalue weighted by Crippen LogP contribution is 2.21. The average Bonchev–Trinajstić information content (AvgIpc) is 2.16. The summed E-state index contributed by atoms with van der Waals surface area (Å²) in [4.78, 5) is 10.9. The highest BCUT2D eigenvalue weighted by molar-refractivity contribution is 7.39. The molecule has 0 aliphatic heterocycles. The van der Waals surface area contributed by atoms with Crippen molar-refractivity contribution in [1.82, 2.24) is 0 Å². The van der Waals surface area contributed by atoms with Gasteiger partial charge in [-0.05, 0) is 6.92 Å². The highest BCUT2D eigenvalue weighted by Gasteiger charge is 2.08. The van der Waals surface area contributed by atoms with Gasteiger partial charge in [0.2, 0.25) is 0 Å². The fraction of sp³-hybridized carbons (Fsp3) is 0.727. The number of hydrogen-bond acceptors (Lipinski definition) is 4. The molecule has 0 aliphatic carbocycles. The number of ether oxygens (including phenoxy) is 1. The Morgan fingerprint density at radius 2 is 1.94 bits per heavy atom. The summed E-state index contributed by atoms with van der Waals surface area (Å²) in [7, 11) is 4.04. The first-order valence-electron chi connectivity index (χ1n) is 5.60. The molecule has 0 heterocycles. The molecule has 0 radical (unpaired) electrons. The smallest absolute Gasteiger partial charge is 0.330 e. The van der Waals surface area contributed by atoms with Crippen LogP contribution in [0.2, 0.25) is 0 Å². The molecule has 17 heavy (non-hydrogen) atoms. The third-order valence-electron chi connectivity index (χ3n) is 1.88. The minimum atomic E-state index is -2.08. The molecule has 1 atom stereocenters. The van der Waals surface area contributed by atoms with Gasteiger partial charge in [-0.25, -0.2) is 4.79 Å². The molecular weight excluding hydrogens is 241 g/mol. The van der Waals surface area contributed by atoms with E-state index in [2.05, 4.69) is 0 Å². The van der Waals surface area contributed by atoms with Gasteiger partial charge in [-0.15, -0.1) is 0 Å². The van der Waals surface area contributed by atoms with E-state index in [4.69, 9.17) is 9.26 Å². The lowest BCUT2D eigenvalue weighted by atomic mass is 10.5. The quantitative estimate of drug-likeness (QED) is 0.287. The molecule has 0 N–H and O–H groups in total. The predicted octanol–water partition coefficient (Wildman–Crippen LogP) is 1.30. The zero-order valence-electron chi connectivity index (χ0n) is 11.1. The van der Waals surface area contributed by atoms with Gasteiger partial charge in [0.1, 0.15) is 19.8 Å². The van der Waals surface area contributed by atoms with Crippen molar-refractivity contribution in [2.45, 2.75) is 6.92 Å². The molecule has 0 fully saturated rings. The molecule has 0 bridgehead atoms. The van der Waals surface area contributed by atoms with E-state index in [9.17, 15) is 9.36 Å². The van der Waals surface area contributed by atoms with Gasteiger partial charge in [-0.3, -0.25) is 4.57 Å². The number of hydrogen-bond donors (Lipinski definition) is 0. The summed E-state index contributed by atoms with van der Waals surface area (Å²) in [6.45, 7) is 3.14. The molecular formula is C11H23NO4P+. The summed E-state index contributed by atoms with van der Waals surface area (Å²) in [5.74, 6) is -0.409. The van der Waals surface area contributed by atoms with Crippen molar-refractivity contribution in [2.75, 3.05) is 47.1 Å². The van der Waals surface area contributed by atoms with Gasteiger partial charge in [0.15, 0.2) is 8.03 Å². The first-order chi connectivity index (χ1) is 7.85. The Balaban J connectivity index is 3.57. The summed E-state index contributed by atoms with van der Waals surface area (Å²) >= 11 is 0. The molecule has 6 heteroatoms. The fourth-order valence-corrected chi connectivity index (χ4v) is 1.66. The maximum absolute atomic E-state index is 11.4. The SMILES string of the molecule is CC=CC(=O)OCC[PH](=O)OCC[N+](C)(C)C. The second-order valence-corrected chi connectivity index (χ2v) is 6.18. The lowest BCUT2D eigenvalue weighted by Gasteiger charge is -2.23. The van der Waals surface area contributed by atoms with E-state index in [1.54, 1.807) is 13.0 Å². The van der Waals surface area contributed by atoms with Crippen LogP contribution in [0.1, 0.15) is 6.92 Å². The molecule has 100 valence electrons. The number of rotatable bonds is 8. The average molecular weight is 264 g/mol. The Morgan fingerprint density at radius 3 is 2.47 bits per heavy atom. The second-order valence-electron chi connectivity index (χ2n) is 4.65. The third-order valence-corrected chi connectivity index (χ3v) is 3.02. The van der Waals surface area contributed by atoms with E-state index < -0.39 is 14.0 Å². The van der Waals surface area contributed by atoms with Crippen molar-refractivity contribution in [3.8, 4) is 0 Å². The number of likely N-dealkylation sites (N-methyl/N-ethyl adjacent to an activating group) is 1. The summed E-state index contributed by atoms with van der Waals surface area (Å²) in [5, 5.41) is 0. The van der Waals surface area contributed by atoms with Crippen LogP contribution in [0.25, 0.3) is 0 Å². The van der Waals surface area contributed by atoms with E-state index >= 15 is 0 Å². The Bertz CT molecular complexity index is 284. The molecule has 0 saturated heterocycles. The first kappa shape index (κ1) is 16.4. The summed E-state index contributed by atoms with van der Waals surface area (Å²) in [6, 6.07) is 0. The Kier molecular flexibility index (Phi) is 8.13. The van der Waals surface area contributed by atoms with Crippen LogP contribution in [0.4, 0.5) is 0 Å². The molecule has 0 aliphatic rings. The number of allylic oxidation sites excluding steroid dienone is 1. The number of carbonyl (C=O) groups is 1. The van der Waals surface area contributed by atoms with Crippen molar-refractivity contribution < 1.29 is 23.1 Å². The number of nitrogens with zero attached hydrogens (tertiary/aromatic N) is 1. The van der Waals surface area contributed by atoms with E-state index in [0.29, 0.717) is 6.61 Å². The van der Waals surface area contributed by atoms with Gasteiger partial charge in [-0.2, -0.15) is 0 Å². The largest absolute Gasteiger partial charge is 0.462 e. The highest BCUT2D eigenvalue weighted by atomic mass is 31.1. The molecule has 0 aromatic rings. The summed E-state index contributed by atoms with van der Waals surface area (Å²) in [6.07, 6.45) is 3.21. The van der Waals surface area contributed by atoms with Crippen LogP contribution < -0.4 is 0 Å². The van der Waals surface area contributed by atoms with Crippen LogP contribution in [0.15, 0.2) is 12.2 Å². The molecule has 1 unspecified atom stereocenters.